The van der Waals surface area contributed by atoms with Gasteiger partial charge in [-0.05, 0) is 24.6 Å². The van der Waals surface area contributed by atoms with Gasteiger partial charge in [0.15, 0.2) is 5.96 Å². The van der Waals surface area contributed by atoms with Crippen molar-refractivity contribution in [2.24, 2.45) is 4.99 Å². The summed E-state index contributed by atoms with van der Waals surface area (Å²) in [6.45, 7) is 3.36. The largest absolute Gasteiger partial charge is 0.357 e. The summed E-state index contributed by atoms with van der Waals surface area (Å²) in [5, 5.41) is 6.06. The van der Waals surface area contributed by atoms with E-state index in [0.717, 1.165) is 5.56 Å². The van der Waals surface area contributed by atoms with E-state index in [1.165, 1.54) is 11.2 Å². The van der Waals surface area contributed by atoms with Gasteiger partial charge in [0, 0.05) is 39.0 Å². The van der Waals surface area contributed by atoms with Gasteiger partial charge in [0.2, 0.25) is 0 Å². The molecule has 0 saturated heterocycles. The summed E-state index contributed by atoms with van der Waals surface area (Å²) >= 11 is 0. The molecule has 1 rings (SSSR count). The second-order valence-electron chi connectivity index (χ2n) is 5.65. The zero-order valence-electron chi connectivity index (χ0n) is 14.7. The van der Waals surface area contributed by atoms with Crippen LogP contribution in [-0.2, 0) is 16.4 Å². The SMILES string of the molecule is CCNC(=NCc1ccc(C(=O)N(C)C)cc1)NCCS(C)(=O)=O. The molecule has 134 valence electrons. The minimum Gasteiger partial charge on any atom is -0.357 e. The summed E-state index contributed by atoms with van der Waals surface area (Å²) in [5.41, 5.74) is 1.59. The molecule has 8 heteroatoms. The fourth-order valence-electron chi connectivity index (χ4n) is 1.88. The first-order valence-corrected chi connectivity index (χ1v) is 9.79. The quantitative estimate of drug-likeness (QED) is 0.549. The van der Waals surface area contributed by atoms with Gasteiger partial charge in [-0.3, -0.25) is 4.79 Å². The fourth-order valence-corrected chi connectivity index (χ4v) is 2.35. The van der Waals surface area contributed by atoms with Gasteiger partial charge in [-0.25, -0.2) is 13.4 Å². The maximum atomic E-state index is 11.8. The molecule has 0 atom stereocenters. The topological polar surface area (TPSA) is 90.9 Å². The minimum atomic E-state index is -3.00. The van der Waals surface area contributed by atoms with Gasteiger partial charge in [0.1, 0.15) is 9.84 Å². The van der Waals surface area contributed by atoms with Crippen LogP contribution in [-0.4, -0.2) is 64.4 Å². The number of guanidine groups is 1. The minimum absolute atomic E-state index is 0.0409. The molecule has 0 unspecified atom stereocenters. The zero-order valence-corrected chi connectivity index (χ0v) is 15.5. The Morgan fingerprint density at radius 3 is 2.29 bits per heavy atom. The van der Waals surface area contributed by atoms with Crippen LogP contribution in [0.1, 0.15) is 22.8 Å². The van der Waals surface area contributed by atoms with Crippen LogP contribution in [0, 0.1) is 0 Å². The third kappa shape index (κ3) is 7.45. The third-order valence-corrected chi connectivity index (χ3v) is 4.08. The summed E-state index contributed by atoms with van der Waals surface area (Å²) in [4.78, 5) is 17.8. The highest BCUT2D eigenvalue weighted by Gasteiger charge is 2.07. The Bertz CT molecular complexity index is 667. The Hall–Kier alpha value is -2.09. The number of benzene rings is 1. The van der Waals surface area contributed by atoms with Crippen LogP contribution >= 0.6 is 0 Å². The van der Waals surface area contributed by atoms with Crippen molar-refractivity contribution >= 4 is 21.7 Å². The van der Waals surface area contributed by atoms with E-state index in [1.807, 2.05) is 19.1 Å². The first-order chi connectivity index (χ1) is 11.2. The number of nitrogens with zero attached hydrogens (tertiary/aromatic N) is 2. The third-order valence-electron chi connectivity index (χ3n) is 3.14. The lowest BCUT2D eigenvalue weighted by Gasteiger charge is -2.11. The predicted octanol–water partition coefficient (Wildman–Crippen LogP) is 0.488. The lowest BCUT2D eigenvalue weighted by Crippen LogP contribution is -2.39. The van der Waals surface area contributed by atoms with E-state index < -0.39 is 9.84 Å². The van der Waals surface area contributed by atoms with Crippen molar-refractivity contribution < 1.29 is 13.2 Å². The number of nitrogens with one attached hydrogen (secondary N) is 2. The van der Waals surface area contributed by atoms with Crippen molar-refractivity contribution in [3.63, 3.8) is 0 Å². The van der Waals surface area contributed by atoms with E-state index in [9.17, 15) is 13.2 Å². The van der Waals surface area contributed by atoms with E-state index in [1.54, 1.807) is 26.2 Å². The van der Waals surface area contributed by atoms with Gasteiger partial charge in [-0.15, -0.1) is 0 Å². The number of aliphatic imine (C=N–C) groups is 1. The number of sulfone groups is 1. The molecular formula is C16H26N4O3S. The molecule has 0 saturated carbocycles. The average molecular weight is 354 g/mol. The second-order valence-corrected chi connectivity index (χ2v) is 7.91. The van der Waals surface area contributed by atoms with Gasteiger partial charge >= 0.3 is 0 Å². The Morgan fingerprint density at radius 1 is 1.17 bits per heavy atom. The van der Waals surface area contributed by atoms with Crippen LogP contribution in [0.5, 0.6) is 0 Å². The van der Waals surface area contributed by atoms with Crippen LogP contribution in [0.2, 0.25) is 0 Å². The summed E-state index contributed by atoms with van der Waals surface area (Å²) < 4.78 is 22.3. The Labute approximate surface area is 144 Å². The molecule has 1 amide bonds. The number of hydrogen-bond donors (Lipinski definition) is 2. The smallest absolute Gasteiger partial charge is 0.253 e. The molecule has 0 aliphatic heterocycles. The van der Waals surface area contributed by atoms with Crippen LogP contribution in [0.3, 0.4) is 0 Å². The van der Waals surface area contributed by atoms with Crippen molar-refractivity contribution in [1.82, 2.24) is 15.5 Å². The molecule has 0 heterocycles. The first kappa shape index (κ1) is 20.0. The molecule has 0 bridgehead atoms. The maximum absolute atomic E-state index is 11.8. The summed E-state index contributed by atoms with van der Waals surface area (Å²) in [7, 11) is 0.424. The van der Waals surface area contributed by atoms with E-state index in [2.05, 4.69) is 15.6 Å². The van der Waals surface area contributed by atoms with E-state index >= 15 is 0 Å². The lowest BCUT2D eigenvalue weighted by molar-refractivity contribution is 0.0827. The average Bonchev–Trinajstić information content (AvgIpc) is 2.51. The Kier molecular flexibility index (Phi) is 7.70. The van der Waals surface area contributed by atoms with Crippen molar-refractivity contribution in [3.05, 3.63) is 35.4 Å². The van der Waals surface area contributed by atoms with E-state index in [0.29, 0.717) is 31.2 Å². The second kappa shape index (κ2) is 9.27. The van der Waals surface area contributed by atoms with Crippen molar-refractivity contribution in [1.29, 1.82) is 0 Å². The highest BCUT2D eigenvalue weighted by molar-refractivity contribution is 7.90. The van der Waals surface area contributed by atoms with Gasteiger partial charge < -0.3 is 15.5 Å². The summed E-state index contributed by atoms with van der Waals surface area (Å²) in [6, 6.07) is 7.27. The molecule has 1 aromatic carbocycles. The number of hydrogen-bond acceptors (Lipinski definition) is 4. The lowest BCUT2D eigenvalue weighted by atomic mass is 10.1. The number of rotatable bonds is 7. The molecule has 7 nitrogen and oxygen atoms in total. The van der Waals surface area contributed by atoms with Gasteiger partial charge in [0.05, 0.1) is 12.3 Å². The van der Waals surface area contributed by atoms with E-state index in [4.69, 9.17) is 0 Å². The normalized spacial score (nSPS) is 11.9. The van der Waals surface area contributed by atoms with Crippen molar-refractivity contribution in [2.45, 2.75) is 13.5 Å². The molecule has 0 spiro atoms. The standard InChI is InChI=1S/C16H26N4O3S/c1-5-17-16(18-10-11-24(4,22)23)19-12-13-6-8-14(9-7-13)15(21)20(2)3/h6-9H,5,10-12H2,1-4H3,(H2,17,18,19). The molecule has 0 aromatic heterocycles. The maximum Gasteiger partial charge on any atom is 0.253 e. The van der Waals surface area contributed by atoms with Crippen LogP contribution in [0.25, 0.3) is 0 Å². The molecule has 24 heavy (non-hydrogen) atoms. The molecular weight excluding hydrogens is 328 g/mol. The van der Waals surface area contributed by atoms with Crippen molar-refractivity contribution in [3.8, 4) is 0 Å². The highest BCUT2D eigenvalue weighted by atomic mass is 32.2. The monoisotopic (exact) mass is 354 g/mol. The first-order valence-electron chi connectivity index (χ1n) is 7.73. The van der Waals surface area contributed by atoms with Crippen molar-refractivity contribution in [2.75, 3.05) is 39.2 Å². The van der Waals surface area contributed by atoms with Gasteiger partial charge in [0.25, 0.3) is 5.91 Å². The van der Waals surface area contributed by atoms with Gasteiger partial charge in [-0.1, -0.05) is 12.1 Å². The van der Waals surface area contributed by atoms with Gasteiger partial charge in [-0.2, -0.15) is 0 Å². The van der Waals surface area contributed by atoms with E-state index in [-0.39, 0.29) is 11.7 Å². The number of amides is 1. The number of carbonyl (C=O) groups excluding carboxylic acids is 1. The fraction of sp³-hybridized carbons (Fsp3) is 0.500. The summed E-state index contributed by atoms with van der Waals surface area (Å²) in [5.74, 6) is 0.578. The molecule has 2 N–H and O–H groups in total. The highest BCUT2D eigenvalue weighted by Crippen LogP contribution is 2.07. The molecule has 0 aliphatic rings. The van der Waals surface area contributed by atoms with Crippen LogP contribution in [0.15, 0.2) is 29.3 Å². The molecule has 0 aliphatic carbocycles. The molecule has 0 fully saturated rings. The molecule has 0 radical (unpaired) electrons. The van der Waals surface area contributed by atoms with Crippen LogP contribution < -0.4 is 10.6 Å². The number of carbonyl (C=O) groups is 1. The Balaban J connectivity index is 2.67. The zero-order chi connectivity index (χ0) is 18.2. The summed E-state index contributed by atoms with van der Waals surface area (Å²) in [6.07, 6.45) is 1.20. The Morgan fingerprint density at radius 2 is 1.79 bits per heavy atom. The predicted molar refractivity (Wildman–Crippen MR) is 97.0 cm³/mol. The molecule has 1 aromatic rings. The van der Waals surface area contributed by atoms with Crippen LogP contribution in [0.4, 0.5) is 0 Å².